The van der Waals surface area contributed by atoms with Crippen LogP contribution in [0, 0.1) is 5.92 Å². The minimum atomic E-state index is 0.777. The van der Waals surface area contributed by atoms with E-state index in [9.17, 15) is 0 Å². The van der Waals surface area contributed by atoms with E-state index in [1.807, 2.05) is 6.07 Å². The second-order valence-corrected chi connectivity index (χ2v) is 5.73. The van der Waals surface area contributed by atoms with Gasteiger partial charge in [0.1, 0.15) is 0 Å². The highest BCUT2D eigenvalue weighted by Gasteiger charge is 2.16. The highest BCUT2D eigenvalue weighted by atomic mass is 16.5. The molecule has 4 heteroatoms. The van der Waals surface area contributed by atoms with Crippen LogP contribution in [-0.2, 0) is 6.54 Å². The van der Waals surface area contributed by atoms with Crippen molar-refractivity contribution in [2.45, 2.75) is 26.3 Å². The molecule has 1 fully saturated rings. The molecule has 1 saturated heterocycles. The molecule has 1 N–H and O–H groups in total. The zero-order valence-electron chi connectivity index (χ0n) is 13.5. The zero-order chi connectivity index (χ0) is 15.1. The van der Waals surface area contributed by atoms with Crippen LogP contribution in [0.4, 0.5) is 0 Å². The molecule has 0 radical (unpaired) electrons. The minimum absolute atomic E-state index is 0.777. The standard InChI is InChI=1S/C17H28N2O2/c1-4-19(13-15-6-5-9-18-11-15)12-14-7-8-16(20-2)17(10-14)21-3/h7-8,10,15,18H,4-6,9,11-13H2,1-3H3. The summed E-state index contributed by atoms with van der Waals surface area (Å²) in [5, 5.41) is 3.50. The van der Waals surface area contributed by atoms with Gasteiger partial charge in [-0.2, -0.15) is 0 Å². The summed E-state index contributed by atoms with van der Waals surface area (Å²) in [6.07, 6.45) is 2.65. The van der Waals surface area contributed by atoms with Crippen LogP contribution in [0.2, 0.25) is 0 Å². The van der Waals surface area contributed by atoms with Gasteiger partial charge in [-0.3, -0.25) is 4.90 Å². The molecule has 0 bridgehead atoms. The van der Waals surface area contributed by atoms with Gasteiger partial charge < -0.3 is 14.8 Å². The lowest BCUT2D eigenvalue weighted by molar-refractivity contribution is 0.209. The number of hydrogen-bond acceptors (Lipinski definition) is 4. The third-order valence-electron chi connectivity index (χ3n) is 4.22. The van der Waals surface area contributed by atoms with Crippen LogP contribution in [0.15, 0.2) is 18.2 Å². The van der Waals surface area contributed by atoms with E-state index in [0.29, 0.717) is 0 Å². The maximum atomic E-state index is 5.39. The SMILES string of the molecule is CCN(Cc1ccc(OC)c(OC)c1)CC1CCCNC1. The van der Waals surface area contributed by atoms with Crippen molar-refractivity contribution < 1.29 is 9.47 Å². The molecular formula is C17H28N2O2. The van der Waals surface area contributed by atoms with E-state index in [1.54, 1.807) is 14.2 Å². The first kappa shape index (κ1) is 16.1. The molecule has 2 rings (SSSR count). The molecule has 0 aromatic heterocycles. The lowest BCUT2D eigenvalue weighted by atomic mass is 9.99. The van der Waals surface area contributed by atoms with E-state index in [4.69, 9.17) is 9.47 Å². The molecule has 0 saturated carbocycles. The van der Waals surface area contributed by atoms with E-state index in [0.717, 1.165) is 43.6 Å². The summed E-state index contributed by atoms with van der Waals surface area (Å²) in [6.45, 7) is 7.77. The first-order valence-electron chi connectivity index (χ1n) is 7.90. The first-order valence-corrected chi connectivity index (χ1v) is 7.90. The fourth-order valence-electron chi connectivity index (χ4n) is 2.99. The molecule has 0 spiro atoms. The Morgan fingerprint density at radius 3 is 2.67 bits per heavy atom. The molecule has 0 amide bonds. The molecular weight excluding hydrogens is 264 g/mol. The quantitative estimate of drug-likeness (QED) is 0.837. The molecule has 1 aromatic carbocycles. The normalized spacial score (nSPS) is 18.8. The molecule has 0 aliphatic carbocycles. The van der Waals surface area contributed by atoms with Crippen LogP contribution >= 0.6 is 0 Å². The molecule has 4 nitrogen and oxygen atoms in total. The Bertz CT molecular complexity index is 431. The predicted octanol–water partition coefficient (Wildman–Crippen LogP) is 2.53. The average molecular weight is 292 g/mol. The molecule has 1 aliphatic heterocycles. The van der Waals surface area contributed by atoms with Crippen molar-refractivity contribution in [1.82, 2.24) is 10.2 Å². The smallest absolute Gasteiger partial charge is 0.161 e. The van der Waals surface area contributed by atoms with Gasteiger partial charge in [-0.15, -0.1) is 0 Å². The van der Waals surface area contributed by atoms with Crippen molar-refractivity contribution in [3.63, 3.8) is 0 Å². The summed E-state index contributed by atoms with van der Waals surface area (Å²) in [6, 6.07) is 6.20. The largest absolute Gasteiger partial charge is 0.493 e. The number of nitrogens with one attached hydrogen (secondary N) is 1. The Labute approximate surface area is 128 Å². The molecule has 1 aromatic rings. The Balaban J connectivity index is 1.97. The van der Waals surface area contributed by atoms with Gasteiger partial charge in [0.05, 0.1) is 14.2 Å². The summed E-state index contributed by atoms with van der Waals surface area (Å²) >= 11 is 0. The van der Waals surface area contributed by atoms with Gasteiger partial charge in [0.25, 0.3) is 0 Å². The van der Waals surface area contributed by atoms with Crippen molar-refractivity contribution in [2.24, 2.45) is 5.92 Å². The average Bonchev–Trinajstić information content (AvgIpc) is 2.55. The molecule has 1 aliphatic rings. The predicted molar refractivity (Wildman–Crippen MR) is 86.1 cm³/mol. The van der Waals surface area contributed by atoms with Crippen molar-refractivity contribution in [1.29, 1.82) is 0 Å². The van der Waals surface area contributed by atoms with Crippen molar-refractivity contribution in [3.8, 4) is 11.5 Å². The molecule has 1 unspecified atom stereocenters. The van der Waals surface area contributed by atoms with Gasteiger partial charge in [0.15, 0.2) is 11.5 Å². The number of piperidine rings is 1. The Kier molecular flexibility index (Phi) is 6.33. The summed E-state index contributed by atoms with van der Waals surface area (Å²) in [7, 11) is 3.36. The highest BCUT2D eigenvalue weighted by Crippen LogP contribution is 2.28. The third-order valence-corrected chi connectivity index (χ3v) is 4.22. The van der Waals surface area contributed by atoms with Gasteiger partial charge in [-0.25, -0.2) is 0 Å². The van der Waals surface area contributed by atoms with Crippen molar-refractivity contribution in [2.75, 3.05) is 40.4 Å². The van der Waals surface area contributed by atoms with Gasteiger partial charge >= 0.3 is 0 Å². The van der Waals surface area contributed by atoms with E-state index in [2.05, 4.69) is 29.3 Å². The number of hydrogen-bond donors (Lipinski definition) is 1. The van der Waals surface area contributed by atoms with E-state index in [-0.39, 0.29) is 0 Å². The zero-order valence-corrected chi connectivity index (χ0v) is 13.5. The second kappa shape index (κ2) is 8.25. The van der Waals surface area contributed by atoms with E-state index >= 15 is 0 Å². The number of ether oxygens (including phenoxy) is 2. The summed E-state index contributed by atoms with van der Waals surface area (Å²) in [4.78, 5) is 2.51. The topological polar surface area (TPSA) is 33.7 Å². The highest BCUT2D eigenvalue weighted by molar-refractivity contribution is 5.42. The van der Waals surface area contributed by atoms with Crippen LogP contribution in [0.25, 0.3) is 0 Å². The maximum Gasteiger partial charge on any atom is 0.161 e. The van der Waals surface area contributed by atoms with Gasteiger partial charge in [-0.1, -0.05) is 13.0 Å². The Hall–Kier alpha value is -1.26. The van der Waals surface area contributed by atoms with Gasteiger partial charge in [0.2, 0.25) is 0 Å². The van der Waals surface area contributed by atoms with E-state index < -0.39 is 0 Å². The maximum absolute atomic E-state index is 5.39. The lowest BCUT2D eigenvalue weighted by Gasteiger charge is -2.29. The lowest BCUT2D eigenvalue weighted by Crippen LogP contribution is -2.38. The molecule has 1 atom stereocenters. The third kappa shape index (κ3) is 4.61. The summed E-state index contributed by atoms with van der Waals surface area (Å²) < 4.78 is 10.7. The Morgan fingerprint density at radius 1 is 1.24 bits per heavy atom. The first-order chi connectivity index (χ1) is 10.3. The number of nitrogens with zero attached hydrogens (tertiary/aromatic N) is 1. The summed E-state index contributed by atoms with van der Waals surface area (Å²) in [5.74, 6) is 2.38. The molecule has 1 heterocycles. The minimum Gasteiger partial charge on any atom is -0.493 e. The second-order valence-electron chi connectivity index (χ2n) is 5.73. The fraction of sp³-hybridized carbons (Fsp3) is 0.647. The van der Waals surface area contributed by atoms with Crippen LogP contribution < -0.4 is 14.8 Å². The summed E-state index contributed by atoms with van der Waals surface area (Å²) in [5.41, 5.74) is 1.28. The number of rotatable bonds is 7. The molecule has 118 valence electrons. The molecule has 21 heavy (non-hydrogen) atoms. The van der Waals surface area contributed by atoms with Crippen molar-refractivity contribution in [3.05, 3.63) is 23.8 Å². The van der Waals surface area contributed by atoms with Gasteiger partial charge in [0, 0.05) is 13.1 Å². The monoisotopic (exact) mass is 292 g/mol. The van der Waals surface area contributed by atoms with Crippen molar-refractivity contribution >= 4 is 0 Å². The Morgan fingerprint density at radius 2 is 2.05 bits per heavy atom. The number of methoxy groups -OCH3 is 2. The van der Waals surface area contributed by atoms with Crippen LogP contribution in [0.1, 0.15) is 25.3 Å². The van der Waals surface area contributed by atoms with Crippen LogP contribution in [0.3, 0.4) is 0 Å². The van der Waals surface area contributed by atoms with Crippen LogP contribution in [-0.4, -0.2) is 45.3 Å². The van der Waals surface area contributed by atoms with Gasteiger partial charge in [-0.05, 0) is 56.1 Å². The van der Waals surface area contributed by atoms with E-state index in [1.165, 1.54) is 24.9 Å². The fourth-order valence-corrected chi connectivity index (χ4v) is 2.99. The van der Waals surface area contributed by atoms with Crippen LogP contribution in [0.5, 0.6) is 11.5 Å². The number of benzene rings is 1.